The molecule has 3 N–H and O–H groups in total. The number of thioether (sulfide) groups is 1. The number of carbonyl (C=O) groups excluding carboxylic acids is 1. The third kappa shape index (κ3) is 4.72. The molecule has 112 valence electrons. The molecule has 0 saturated heterocycles. The Hall–Kier alpha value is -1.20. The van der Waals surface area contributed by atoms with Gasteiger partial charge in [-0.3, -0.25) is 4.79 Å². The molecule has 1 aromatic rings. The van der Waals surface area contributed by atoms with Crippen molar-refractivity contribution in [3.8, 4) is 0 Å². The van der Waals surface area contributed by atoms with Crippen LogP contribution in [0.15, 0.2) is 24.3 Å². The summed E-state index contributed by atoms with van der Waals surface area (Å²) in [6.07, 6.45) is 2.94. The summed E-state index contributed by atoms with van der Waals surface area (Å²) in [5.41, 5.74) is 1.49. The molecule has 2 atom stereocenters. The van der Waals surface area contributed by atoms with Crippen molar-refractivity contribution in [2.45, 2.75) is 31.6 Å². The van der Waals surface area contributed by atoms with Gasteiger partial charge in [-0.25, -0.2) is 0 Å². The number of nitrogens with one attached hydrogen (secondary N) is 2. The molecule has 1 amide bonds. The van der Waals surface area contributed by atoms with E-state index >= 15 is 0 Å². The van der Waals surface area contributed by atoms with Crippen molar-refractivity contribution in [2.24, 2.45) is 0 Å². The summed E-state index contributed by atoms with van der Waals surface area (Å²) in [6, 6.07) is 7.41. The predicted molar refractivity (Wildman–Crippen MR) is 86.5 cm³/mol. The minimum absolute atomic E-state index is 0.00899. The third-order valence-corrected chi connectivity index (χ3v) is 4.30. The van der Waals surface area contributed by atoms with Gasteiger partial charge in [0, 0.05) is 23.5 Å². The Morgan fingerprint density at radius 2 is 2.10 bits per heavy atom. The zero-order chi connectivity index (χ0) is 15.0. The second-order valence-electron chi connectivity index (χ2n) is 4.69. The fourth-order valence-electron chi connectivity index (χ4n) is 1.91. The van der Waals surface area contributed by atoms with E-state index in [-0.39, 0.29) is 23.8 Å². The largest absolute Gasteiger partial charge is 0.395 e. The van der Waals surface area contributed by atoms with Crippen LogP contribution < -0.4 is 10.6 Å². The lowest BCUT2D eigenvalue weighted by Crippen LogP contribution is -2.41. The highest BCUT2D eigenvalue weighted by molar-refractivity contribution is 7.99. The number of para-hydroxylation sites is 1. The van der Waals surface area contributed by atoms with Crippen molar-refractivity contribution in [1.29, 1.82) is 0 Å². The summed E-state index contributed by atoms with van der Waals surface area (Å²) in [5.74, 6) is -0.107. The van der Waals surface area contributed by atoms with Gasteiger partial charge in [0.05, 0.1) is 12.2 Å². The van der Waals surface area contributed by atoms with E-state index in [1.807, 2.05) is 37.4 Å². The highest BCUT2D eigenvalue weighted by atomic mass is 32.2. The maximum Gasteiger partial charge on any atom is 0.253 e. The molecule has 2 unspecified atom stereocenters. The molecular formula is C15H24N2O2S. The first-order valence-corrected chi connectivity index (χ1v) is 8.20. The number of carbonyl (C=O) groups is 1. The van der Waals surface area contributed by atoms with Crippen molar-refractivity contribution in [3.05, 3.63) is 29.8 Å². The molecule has 0 aromatic heterocycles. The summed E-state index contributed by atoms with van der Waals surface area (Å²) in [6.45, 7) is 4.89. The van der Waals surface area contributed by atoms with Gasteiger partial charge in [0.1, 0.15) is 0 Å². The van der Waals surface area contributed by atoms with Crippen LogP contribution >= 0.6 is 11.8 Å². The Morgan fingerprint density at radius 3 is 2.70 bits per heavy atom. The summed E-state index contributed by atoms with van der Waals surface area (Å²) in [7, 11) is 0. The monoisotopic (exact) mass is 296 g/mol. The van der Waals surface area contributed by atoms with Gasteiger partial charge in [-0.05, 0) is 31.7 Å². The summed E-state index contributed by atoms with van der Waals surface area (Å²) >= 11 is 1.55. The van der Waals surface area contributed by atoms with Crippen LogP contribution in [0.5, 0.6) is 0 Å². The average molecular weight is 296 g/mol. The van der Waals surface area contributed by atoms with E-state index in [0.717, 1.165) is 18.7 Å². The standard InChI is InChI=1S/C15H24N2O2S/c1-4-9-16-13-8-6-5-7-12(13)15(19)17-11(2)14(10-18)20-3/h5-8,11,14,16,18H,4,9-10H2,1-3H3,(H,17,19). The molecule has 0 fully saturated rings. The SMILES string of the molecule is CCCNc1ccccc1C(=O)NC(C)C(CO)SC. The van der Waals surface area contributed by atoms with E-state index in [0.29, 0.717) is 5.56 Å². The summed E-state index contributed by atoms with van der Waals surface area (Å²) in [4.78, 5) is 12.3. The topological polar surface area (TPSA) is 61.4 Å². The van der Waals surface area contributed by atoms with Gasteiger partial charge in [-0.1, -0.05) is 19.1 Å². The number of aliphatic hydroxyl groups is 1. The summed E-state index contributed by atoms with van der Waals surface area (Å²) in [5, 5.41) is 15.5. The number of rotatable bonds is 8. The van der Waals surface area contributed by atoms with E-state index in [2.05, 4.69) is 17.6 Å². The molecule has 0 spiro atoms. The number of benzene rings is 1. The van der Waals surface area contributed by atoms with Gasteiger partial charge in [-0.15, -0.1) is 0 Å². The van der Waals surface area contributed by atoms with Gasteiger partial charge in [-0.2, -0.15) is 11.8 Å². The van der Waals surface area contributed by atoms with Gasteiger partial charge < -0.3 is 15.7 Å². The Balaban J connectivity index is 2.76. The lowest BCUT2D eigenvalue weighted by atomic mass is 10.1. The second kappa shape index (κ2) is 8.87. The molecule has 5 heteroatoms. The molecule has 0 aliphatic carbocycles. The van der Waals surface area contributed by atoms with Crippen LogP contribution in [0.4, 0.5) is 5.69 Å². The zero-order valence-electron chi connectivity index (χ0n) is 12.3. The molecule has 1 aromatic carbocycles. The van der Waals surface area contributed by atoms with Crippen LogP contribution in [0.25, 0.3) is 0 Å². The second-order valence-corrected chi connectivity index (χ2v) is 5.77. The van der Waals surface area contributed by atoms with E-state index in [9.17, 15) is 9.90 Å². The first-order valence-electron chi connectivity index (χ1n) is 6.91. The summed E-state index contributed by atoms with van der Waals surface area (Å²) < 4.78 is 0. The van der Waals surface area contributed by atoms with Crippen LogP contribution in [-0.4, -0.2) is 41.7 Å². The first kappa shape index (κ1) is 16.9. The molecule has 0 aliphatic rings. The van der Waals surface area contributed by atoms with Crippen LogP contribution in [0.2, 0.25) is 0 Å². The Labute approximate surface area is 125 Å². The third-order valence-electron chi connectivity index (χ3n) is 3.14. The van der Waals surface area contributed by atoms with Gasteiger partial charge in [0.15, 0.2) is 0 Å². The molecule has 4 nitrogen and oxygen atoms in total. The molecular weight excluding hydrogens is 272 g/mol. The maximum atomic E-state index is 12.3. The van der Waals surface area contributed by atoms with Crippen molar-refractivity contribution < 1.29 is 9.90 Å². The van der Waals surface area contributed by atoms with Crippen LogP contribution in [0, 0.1) is 0 Å². The fourth-order valence-corrected chi connectivity index (χ4v) is 2.53. The Kier molecular flexibility index (Phi) is 7.47. The Bertz CT molecular complexity index is 422. The van der Waals surface area contributed by atoms with Crippen molar-refractivity contribution in [2.75, 3.05) is 24.7 Å². The number of hydrogen-bond donors (Lipinski definition) is 3. The smallest absolute Gasteiger partial charge is 0.253 e. The minimum Gasteiger partial charge on any atom is -0.395 e. The van der Waals surface area contributed by atoms with Crippen molar-refractivity contribution in [1.82, 2.24) is 5.32 Å². The van der Waals surface area contributed by atoms with Crippen LogP contribution in [0.1, 0.15) is 30.6 Å². The van der Waals surface area contributed by atoms with Gasteiger partial charge >= 0.3 is 0 Å². The van der Waals surface area contributed by atoms with E-state index in [4.69, 9.17) is 0 Å². The maximum absolute atomic E-state index is 12.3. The molecule has 1 rings (SSSR count). The lowest BCUT2D eigenvalue weighted by Gasteiger charge is -2.22. The van der Waals surface area contributed by atoms with Crippen molar-refractivity contribution in [3.63, 3.8) is 0 Å². The van der Waals surface area contributed by atoms with Crippen LogP contribution in [0.3, 0.4) is 0 Å². The Morgan fingerprint density at radius 1 is 1.40 bits per heavy atom. The minimum atomic E-state index is -0.107. The quantitative estimate of drug-likeness (QED) is 0.689. The molecule has 0 saturated carbocycles. The van der Waals surface area contributed by atoms with Crippen LogP contribution in [-0.2, 0) is 0 Å². The highest BCUT2D eigenvalue weighted by Crippen LogP contribution is 2.16. The van der Waals surface area contributed by atoms with E-state index < -0.39 is 0 Å². The molecule has 0 radical (unpaired) electrons. The van der Waals surface area contributed by atoms with E-state index in [1.54, 1.807) is 11.8 Å². The lowest BCUT2D eigenvalue weighted by molar-refractivity contribution is 0.0936. The first-order chi connectivity index (χ1) is 9.63. The zero-order valence-corrected chi connectivity index (χ0v) is 13.2. The van der Waals surface area contributed by atoms with Crippen molar-refractivity contribution >= 4 is 23.4 Å². The predicted octanol–water partition coefficient (Wildman–Crippen LogP) is 2.35. The van der Waals surface area contributed by atoms with E-state index in [1.165, 1.54) is 0 Å². The van der Waals surface area contributed by atoms with Gasteiger partial charge in [0.2, 0.25) is 0 Å². The highest BCUT2D eigenvalue weighted by Gasteiger charge is 2.19. The average Bonchev–Trinajstić information content (AvgIpc) is 2.46. The number of amides is 1. The number of aliphatic hydroxyl groups excluding tert-OH is 1. The molecule has 20 heavy (non-hydrogen) atoms. The fraction of sp³-hybridized carbons (Fsp3) is 0.533. The number of hydrogen-bond acceptors (Lipinski definition) is 4. The number of anilines is 1. The molecule has 0 heterocycles. The molecule has 0 aliphatic heterocycles. The molecule has 0 bridgehead atoms. The normalized spacial score (nSPS) is 13.6. The van der Waals surface area contributed by atoms with Gasteiger partial charge in [0.25, 0.3) is 5.91 Å².